The SMILES string of the molecule is CC(O[Si](C)(C)C(C)(C)C)[C@@]1(O)CN(S(=O)(=O)c2ccc(C#N)cc2Cl)C[C@H]1Sc1ccc(Cl)cn1.CC(O[Si](C)(C)C(C)(C)C)[C@]1(O)CN(S(=O)(=O)c2ccc(C#N)cc2Cl)C[C@@H]1Sc1ccc(Cl)cn1. The Bertz CT molecular complexity index is 2720. The molecule has 392 valence electrons. The monoisotopic (exact) mass is 1170 g/mol. The lowest BCUT2D eigenvalue weighted by molar-refractivity contribution is -0.0433. The van der Waals surface area contributed by atoms with E-state index < -0.39 is 70.6 Å². The van der Waals surface area contributed by atoms with Crippen LogP contribution in [0.2, 0.25) is 56.4 Å². The molecule has 72 heavy (non-hydrogen) atoms. The molecule has 0 aliphatic carbocycles. The lowest BCUT2D eigenvalue weighted by Crippen LogP contribution is -2.56. The number of halogens is 4. The summed E-state index contributed by atoms with van der Waals surface area (Å²) < 4.78 is 70.1. The maximum absolute atomic E-state index is 13.6. The number of hydrogen-bond donors (Lipinski definition) is 2. The minimum atomic E-state index is -4.07. The van der Waals surface area contributed by atoms with Gasteiger partial charge in [0.1, 0.15) is 21.0 Å². The third-order valence-electron chi connectivity index (χ3n) is 14.0. The highest BCUT2D eigenvalue weighted by molar-refractivity contribution is 8.00. The van der Waals surface area contributed by atoms with Crippen molar-refractivity contribution in [2.24, 2.45) is 0 Å². The highest BCUT2D eigenvalue weighted by atomic mass is 35.5. The second-order valence-corrected chi connectivity index (χ2v) is 38.4. The summed E-state index contributed by atoms with van der Waals surface area (Å²) in [5.74, 6) is 0. The molecule has 24 heteroatoms. The number of aliphatic hydroxyl groups is 2. The normalized spacial score (nSPS) is 22.4. The Kier molecular flexibility index (Phi) is 19.1. The number of β-amino-alcohol motifs (C(OH)–C–C–N with tert-alkyl or cyclic N) is 2. The smallest absolute Gasteiger partial charge is 0.244 e. The fraction of sp³-hybridized carbons (Fsp3) is 0.500. The van der Waals surface area contributed by atoms with Crippen molar-refractivity contribution in [1.29, 1.82) is 10.5 Å². The Labute approximate surface area is 456 Å². The van der Waals surface area contributed by atoms with E-state index in [-0.39, 0.29) is 67.2 Å². The van der Waals surface area contributed by atoms with Crippen molar-refractivity contribution >= 4 is 107 Å². The molecule has 2 saturated heterocycles. The lowest BCUT2D eigenvalue weighted by Gasteiger charge is -2.43. The van der Waals surface area contributed by atoms with Crippen LogP contribution in [-0.2, 0) is 28.9 Å². The Morgan fingerprint density at radius 3 is 1.25 bits per heavy atom. The third kappa shape index (κ3) is 13.4. The average molecular weight is 1180 g/mol. The summed E-state index contributed by atoms with van der Waals surface area (Å²) in [5, 5.41) is 43.0. The predicted octanol–water partition coefficient (Wildman–Crippen LogP) is 11.1. The van der Waals surface area contributed by atoms with E-state index in [1.54, 1.807) is 38.1 Å². The molecule has 6 atom stereocenters. The van der Waals surface area contributed by atoms with Crippen molar-refractivity contribution in [2.75, 3.05) is 26.2 Å². The van der Waals surface area contributed by atoms with Gasteiger partial charge in [0.15, 0.2) is 16.6 Å². The number of aromatic nitrogens is 2. The highest BCUT2D eigenvalue weighted by Gasteiger charge is 2.57. The van der Waals surface area contributed by atoms with Crippen LogP contribution in [0.3, 0.4) is 0 Å². The van der Waals surface area contributed by atoms with Crippen molar-refractivity contribution in [2.45, 2.75) is 145 Å². The average Bonchev–Trinajstić information content (AvgIpc) is 3.81. The first-order chi connectivity index (χ1) is 33.0. The van der Waals surface area contributed by atoms with Crippen LogP contribution in [-0.4, -0.2) is 122 Å². The fourth-order valence-electron chi connectivity index (χ4n) is 7.44. The van der Waals surface area contributed by atoms with E-state index in [0.717, 1.165) is 0 Å². The zero-order valence-electron chi connectivity index (χ0n) is 42.2. The molecule has 0 spiro atoms. The lowest BCUT2D eigenvalue weighted by atomic mass is 9.97. The molecule has 0 bridgehead atoms. The standard InChI is InChI=1S/2C24H31Cl2N3O4S2Si/c2*1-16(33-36(5,6)23(2,3)4)24(30)15-29(14-21(24)34-22-10-8-18(25)13-28-22)35(31,32)20-9-7-17(12-27)11-19(20)26/h2*7-11,13,16,21,30H,14-15H2,1-6H3/t2*16?,21-,24+/m10/s1. The largest absolute Gasteiger partial charge is 0.411 e. The zero-order valence-corrected chi connectivity index (χ0v) is 50.5. The Balaban J connectivity index is 0.000000267. The molecular weight excluding hydrogens is 1110 g/mol. The topological polar surface area (TPSA) is 207 Å². The van der Waals surface area contributed by atoms with E-state index in [4.69, 9.17) is 65.8 Å². The van der Waals surface area contributed by atoms with Gasteiger partial charge in [-0.25, -0.2) is 26.8 Å². The van der Waals surface area contributed by atoms with Crippen molar-refractivity contribution in [3.63, 3.8) is 0 Å². The van der Waals surface area contributed by atoms with Crippen LogP contribution < -0.4 is 0 Å². The number of rotatable bonds is 14. The molecule has 2 aromatic heterocycles. The molecular formula is C48H62Cl4N6O8S4Si2. The van der Waals surface area contributed by atoms with Gasteiger partial charge in [0.05, 0.1) is 76.1 Å². The summed E-state index contributed by atoms with van der Waals surface area (Å²) in [4.78, 5) is 8.43. The molecule has 0 amide bonds. The molecule has 0 radical (unpaired) electrons. The quantitative estimate of drug-likeness (QED) is 0.113. The van der Waals surface area contributed by atoms with E-state index in [1.165, 1.54) is 80.9 Å². The number of hydrogen-bond acceptors (Lipinski definition) is 14. The fourth-order valence-corrected chi connectivity index (χ4v) is 17.3. The molecule has 14 nitrogen and oxygen atoms in total. The van der Waals surface area contributed by atoms with E-state index in [0.29, 0.717) is 20.1 Å². The van der Waals surface area contributed by atoms with Gasteiger partial charge in [-0.05, 0) is 111 Å². The number of nitrogens with zero attached hydrogens (tertiary/aromatic N) is 6. The Hall–Kier alpha value is -2.33. The summed E-state index contributed by atoms with van der Waals surface area (Å²) in [6.07, 6.45) is 1.72. The van der Waals surface area contributed by atoms with Crippen LogP contribution in [0.4, 0.5) is 0 Å². The van der Waals surface area contributed by atoms with Crippen LogP contribution >= 0.6 is 69.9 Å². The Morgan fingerprint density at radius 1 is 0.653 bits per heavy atom. The van der Waals surface area contributed by atoms with Crippen LogP contribution in [0.15, 0.2) is 92.9 Å². The maximum atomic E-state index is 13.6. The summed E-state index contributed by atoms with van der Waals surface area (Å²) in [6, 6.07) is 18.9. The molecule has 2 aliphatic heterocycles. The van der Waals surface area contributed by atoms with E-state index in [1.807, 2.05) is 12.1 Å². The number of sulfonamides is 2. The van der Waals surface area contributed by atoms with Gasteiger partial charge in [0, 0.05) is 38.6 Å². The Morgan fingerprint density at radius 2 is 0.986 bits per heavy atom. The summed E-state index contributed by atoms with van der Waals surface area (Å²) in [5.41, 5.74) is -2.49. The number of pyridine rings is 2. The highest BCUT2D eigenvalue weighted by Crippen LogP contribution is 2.47. The van der Waals surface area contributed by atoms with Crippen LogP contribution in [0.1, 0.15) is 66.5 Å². The molecule has 4 heterocycles. The number of thioether (sulfide) groups is 2. The first kappa shape index (κ1) is 60.5. The molecule has 0 saturated carbocycles. The maximum Gasteiger partial charge on any atom is 0.244 e. The summed E-state index contributed by atoms with van der Waals surface area (Å²) in [6.45, 7) is 24.3. The van der Waals surface area contributed by atoms with Crippen molar-refractivity contribution < 1.29 is 35.9 Å². The first-order valence-electron chi connectivity index (χ1n) is 22.8. The molecule has 2 aliphatic rings. The van der Waals surface area contributed by atoms with Gasteiger partial charge in [0.2, 0.25) is 20.0 Å². The number of nitriles is 2. The minimum Gasteiger partial charge on any atom is -0.411 e. The second kappa shape index (κ2) is 22.7. The van der Waals surface area contributed by atoms with Gasteiger partial charge in [-0.1, -0.05) is 111 Å². The van der Waals surface area contributed by atoms with E-state index in [2.05, 4.69) is 77.7 Å². The molecule has 2 unspecified atom stereocenters. The first-order valence-corrected chi connectivity index (χ1v) is 34.8. The van der Waals surface area contributed by atoms with Crippen molar-refractivity contribution in [3.8, 4) is 12.1 Å². The van der Waals surface area contributed by atoms with Gasteiger partial charge < -0.3 is 19.1 Å². The summed E-state index contributed by atoms with van der Waals surface area (Å²) in [7, 11) is -12.7. The summed E-state index contributed by atoms with van der Waals surface area (Å²) >= 11 is 27.0. The molecule has 6 rings (SSSR count). The minimum absolute atomic E-state index is 0.0232. The van der Waals surface area contributed by atoms with Gasteiger partial charge in [-0.2, -0.15) is 19.1 Å². The van der Waals surface area contributed by atoms with Crippen molar-refractivity contribution in [1.82, 2.24) is 18.6 Å². The van der Waals surface area contributed by atoms with E-state index in [9.17, 15) is 27.0 Å². The number of benzene rings is 2. The molecule has 2 N–H and O–H groups in total. The zero-order chi connectivity index (χ0) is 54.2. The second-order valence-electron chi connectivity index (χ2n) is 21.0. The molecule has 2 fully saturated rings. The van der Waals surface area contributed by atoms with Gasteiger partial charge in [0.25, 0.3) is 0 Å². The van der Waals surface area contributed by atoms with E-state index >= 15 is 0 Å². The third-order valence-corrected chi connectivity index (χ3v) is 30.8. The van der Waals surface area contributed by atoms with Crippen LogP contribution in [0, 0.1) is 22.7 Å². The van der Waals surface area contributed by atoms with Crippen molar-refractivity contribution in [3.05, 3.63) is 104 Å². The van der Waals surface area contributed by atoms with Gasteiger partial charge in [-0.15, -0.1) is 0 Å². The van der Waals surface area contributed by atoms with Crippen LogP contribution in [0.5, 0.6) is 0 Å². The van der Waals surface area contributed by atoms with Crippen LogP contribution in [0.25, 0.3) is 0 Å². The van der Waals surface area contributed by atoms with Gasteiger partial charge in [-0.3, -0.25) is 0 Å². The molecule has 4 aromatic rings. The van der Waals surface area contributed by atoms with Gasteiger partial charge >= 0.3 is 0 Å². The predicted molar refractivity (Wildman–Crippen MR) is 293 cm³/mol. The molecule has 2 aromatic carbocycles.